The minimum atomic E-state index is -4.87. The van der Waals surface area contributed by atoms with Gasteiger partial charge in [-0.05, 0) is 119 Å². The van der Waals surface area contributed by atoms with Gasteiger partial charge in [0.1, 0.15) is 42.6 Å². The molecule has 0 saturated carbocycles. The van der Waals surface area contributed by atoms with Gasteiger partial charge in [0.15, 0.2) is 0 Å². The summed E-state index contributed by atoms with van der Waals surface area (Å²) >= 11 is 0. The van der Waals surface area contributed by atoms with E-state index >= 15 is 0 Å². The monoisotopic (exact) mass is 852 g/mol. The molecule has 0 aliphatic heterocycles. The van der Waals surface area contributed by atoms with Crippen LogP contribution >= 0.6 is 0 Å². The molecule has 0 aliphatic carbocycles. The van der Waals surface area contributed by atoms with Crippen molar-refractivity contribution < 1.29 is 64.1 Å². The molecule has 0 heterocycles. The van der Waals surface area contributed by atoms with E-state index in [9.17, 15) is 45.1 Å². The molecular weight excluding hydrogens is 810 g/mol. The Kier molecular flexibility index (Phi) is 16.0. The van der Waals surface area contributed by atoms with E-state index < -0.39 is 76.3 Å². The fourth-order valence-electron chi connectivity index (χ4n) is 3.31. The van der Waals surface area contributed by atoms with Crippen molar-refractivity contribution in [1.29, 1.82) is 0 Å². The van der Waals surface area contributed by atoms with E-state index in [0.717, 1.165) is 36.4 Å². The molecule has 0 amide bonds. The molecule has 2 aromatic rings. The van der Waals surface area contributed by atoms with Crippen LogP contribution in [0.1, 0.15) is 125 Å². The summed E-state index contributed by atoms with van der Waals surface area (Å²) in [4.78, 5) is 47.1. The molecule has 49 heavy (non-hydrogen) atoms. The Hall–Kier alpha value is -2.29. The third-order valence-corrected chi connectivity index (χ3v) is 6.55. The fraction of sp³-hybridized carbons (Fsp3) is 0.500. The van der Waals surface area contributed by atoms with Crippen molar-refractivity contribution in [3.05, 3.63) is 58.7 Å². The average Bonchev–Trinajstić information content (AvgIpc) is 2.83. The van der Waals surface area contributed by atoms with Crippen molar-refractivity contribution in [3.8, 4) is 0 Å². The maximum absolute atomic E-state index is 12.1. The molecule has 2 aromatic carbocycles. The molecule has 14 nitrogen and oxygen atoms in total. The Bertz CT molecular complexity index is 1550. The Morgan fingerprint density at radius 2 is 0.592 bits per heavy atom. The van der Waals surface area contributed by atoms with E-state index in [0.29, 0.717) is 0 Å². The quantitative estimate of drug-likeness (QED) is 0.168. The molecule has 0 saturated heterocycles. The fourth-order valence-corrected chi connectivity index (χ4v) is 4.39. The van der Waals surface area contributed by atoms with Crippen LogP contribution < -0.4 is 0 Å². The van der Waals surface area contributed by atoms with Crippen LogP contribution in [0.3, 0.4) is 0 Å². The first kappa shape index (κ1) is 46.7. The van der Waals surface area contributed by atoms with Crippen LogP contribution in [0.15, 0.2) is 46.2 Å². The van der Waals surface area contributed by atoms with Crippen molar-refractivity contribution in [2.24, 2.45) is 0 Å². The second-order valence-electron chi connectivity index (χ2n) is 14.4. The van der Waals surface area contributed by atoms with Crippen LogP contribution in [0.5, 0.6) is 0 Å². The minimum Gasteiger partial charge on any atom is -0.744 e. The number of rotatable bonds is 6. The van der Waals surface area contributed by atoms with Gasteiger partial charge in [0.05, 0.1) is 32.0 Å². The van der Waals surface area contributed by atoms with E-state index in [-0.39, 0.29) is 71.1 Å². The second kappa shape index (κ2) is 16.8. The molecule has 0 radical (unpaired) electrons. The number of benzene rings is 2. The topological polar surface area (TPSA) is 220 Å². The first-order valence-electron chi connectivity index (χ1n) is 14.3. The molecule has 0 spiro atoms. The van der Waals surface area contributed by atoms with Crippen molar-refractivity contribution in [3.63, 3.8) is 0 Å². The maximum Gasteiger partial charge on any atom is 2.00 e. The predicted molar refractivity (Wildman–Crippen MR) is 175 cm³/mol. The standard InChI is InChI=1S/2C16H22O7S.Ba/c2*1-15(2,3)22-13(17)10-7-11(14(18)23-16(4,5)6)9-12(8-10)24(19,20)21;/h2*7-9H,1-6H3,(H,19,20,21);/q;;+2/p-2. The summed E-state index contributed by atoms with van der Waals surface area (Å²) in [5.74, 6) is -3.40. The molecule has 0 atom stereocenters. The Morgan fingerprint density at radius 3 is 0.714 bits per heavy atom. The zero-order valence-corrected chi connectivity index (χ0v) is 35.8. The normalized spacial score (nSPS) is 12.4. The average molecular weight is 852 g/mol. The predicted octanol–water partition coefficient (Wildman–Crippen LogP) is 4.62. The molecule has 0 fully saturated rings. The summed E-state index contributed by atoms with van der Waals surface area (Å²) in [7, 11) is -9.74. The van der Waals surface area contributed by atoms with E-state index in [1.54, 1.807) is 83.1 Å². The second-order valence-corrected chi connectivity index (χ2v) is 17.2. The summed E-state index contributed by atoms with van der Waals surface area (Å²) in [6.45, 7) is 19.6. The number of carbonyl (C=O) groups is 4. The van der Waals surface area contributed by atoms with Crippen LogP contribution in [0.4, 0.5) is 0 Å². The van der Waals surface area contributed by atoms with Gasteiger partial charge in [-0.15, -0.1) is 0 Å². The van der Waals surface area contributed by atoms with Crippen LogP contribution in [0.2, 0.25) is 0 Å². The zero-order valence-electron chi connectivity index (χ0n) is 29.7. The first-order valence-corrected chi connectivity index (χ1v) is 17.1. The Balaban J connectivity index is 0.000000922. The van der Waals surface area contributed by atoms with Crippen LogP contribution in [-0.2, 0) is 39.2 Å². The minimum absolute atomic E-state index is 0. The van der Waals surface area contributed by atoms with Crippen molar-refractivity contribution in [1.82, 2.24) is 0 Å². The molecule has 17 heteroatoms. The Morgan fingerprint density at radius 1 is 0.429 bits per heavy atom. The third-order valence-electron chi connectivity index (χ3n) is 4.93. The van der Waals surface area contributed by atoms with Gasteiger partial charge in [-0.25, -0.2) is 36.0 Å². The number of hydrogen-bond acceptors (Lipinski definition) is 14. The molecule has 0 unspecified atom stereocenters. The number of carbonyl (C=O) groups excluding carboxylic acids is 4. The number of esters is 4. The third kappa shape index (κ3) is 18.0. The van der Waals surface area contributed by atoms with Crippen LogP contribution in [0, 0.1) is 0 Å². The van der Waals surface area contributed by atoms with Gasteiger partial charge < -0.3 is 28.1 Å². The van der Waals surface area contributed by atoms with Crippen molar-refractivity contribution >= 4 is 93.0 Å². The first-order chi connectivity index (χ1) is 21.2. The molecule has 0 bridgehead atoms. The summed E-state index contributed by atoms with van der Waals surface area (Å²) in [6, 6.07) is 5.79. The Labute approximate surface area is 328 Å². The van der Waals surface area contributed by atoms with Gasteiger partial charge in [-0.2, -0.15) is 0 Å². The van der Waals surface area contributed by atoms with Gasteiger partial charge in [0.25, 0.3) is 0 Å². The van der Waals surface area contributed by atoms with Gasteiger partial charge in [0.2, 0.25) is 0 Å². The zero-order chi connectivity index (χ0) is 37.8. The number of ether oxygens (including phenoxy) is 4. The van der Waals surface area contributed by atoms with Gasteiger partial charge in [0, 0.05) is 0 Å². The smallest absolute Gasteiger partial charge is 0.744 e. The SMILES string of the molecule is CC(C)(C)OC(=O)c1cc(C(=O)OC(C)(C)C)cc(S(=O)(=O)[O-])c1.CC(C)(C)OC(=O)c1cc(C(=O)OC(C)(C)C)cc(S(=O)(=O)[O-])c1.[Ba+2]. The van der Waals surface area contributed by atoms with Crippen molar-refractivity contribution in [2.75, 3.05) is 0 Å². The summed E-state index contributed by atoms with van der Waals surface area (Å²) in [5.41, 5.74) is -4.17. The van der Waals surface area contributed by atoms with Gasteiger partial charge in [-0.1, -0.05) is 0 Å². The molecule has 268 valence electrons. The van der Waals surface area contributed by atoms with Crippen LogP contribution in [-0.4, -0.2) is 121 Å². The van der Waals surface area contributed by atoms with E-state index in [1.165, 1.54) is 0 Å². The van der Waals surface area contributed by atoms with E-state index in [2.05, 4.69) is 0 Å². The molecule has 2 rings (SSSR count). The largest absolute Gasteiger partial charge is 2.00 e. The molecule has 0 aliphatic rings. The summed E-state index contributed by atoms with van der Waals surface area (Å²) in [6.07, 6.45) is 0. The van der Waals surface area contributed by atoms with E-state index in [4.69, 9.17) is 18.9 Å². The van der Waals surface area contributed by atoms with E-state index in [1.807, 2.05) is 0 Å². The summed E-state index contributed by atoms with van der Waals surface area (Å²) in [5, 5.41) is 0. The van der Waals surface area contributed by atoms with Crippen LogP contribution in [0.25, 0.3) is 0 Å². The maximum atomic E-state index is 12.1. The molecule has 0 N–H and O–H groups in total. The van der Waals surface area contributed by atoms with Gasteiger partial charge in [-0.3, -0.25) is 0 Å². The molecular formula is C32H42BaO14S2. The summed E-state index contributed by atoms with van der Waals surface area (Å²) < 4.78 is 88.3. The number of hydrogen-bond donors (Lipinski definition) is 0. The molecule has 0 aromatic heterocycles. The van der Waals surface area contributed by atoms with Crippen molar-refractivity contribution in [2.45, 2.75) is 115 Å². The van der Waals surface area contributed by atoms with Gasteiger partial charge >= 0.3 is 72.8 Å².